The molecule has 0 spiro atoms. The van der Waals surface area contributed by atoms with Crippen molar-refractivity contribution in [2.45, 2.75) is 95.9 Å². The summed E-state index contributed by atoms with van der Waals surface area (Å²) in [5.41, 5.74) is 9.33. The van der Waals surface area contributed by atoms with Gasteiger partial charge >= 0.3 is 0 Å². The summed E-state index contributed by atoms with van der Waals surface area (Å²) in [7, 11) is 0. The fraction of sp³-hybridized carbons (Fsp3) is 0.475. The summed E-state index contributed by atoms with van der Waals surface area (Å²) in [6, 6.07) is 11.0. The SMILES string of the molecule is CC1C(C2=CCC(C3C4=C(CCC=C4)CCC3c3ccc(C#N)cc3)C=C2)=NC(C2=CCCCC2)=NC1C1C=CCCC1. The van der Waals surface area contributed by atoms with Gasteiger partial charge in [0.25, 0.3) is 0 Å². The van der Waals surface area contributed by atoms with Gasteiger partial charge < -0.3 is 0 Å². The molecule has 0 aromatic heterocycles. The summed E-state index contributed by atoms with van der Waals surface area (Å²) < 4.78 is 0. The molecule has 3 heteroatoms. The molecule has 220 valence electrons. The van der Waals surface area contributed by atoms with Crippen molar-refractivity contribution in [3.05, 3.63) is 106 Å². The molecule has 0 saturated heterocycles. The minimum Gasteiger partial charge on any atom is -0.262 e. The highest BCUT2D eigenvalue weighted by molar-refractivity contribution is 6.15. The van der Waals surface area contributed by atoms with Gasteiger partial charge in [-0.25, -0.2) is 4.99 Å². The number of aliphatic imine (C=N–C) groups is 2. The van der Waals surface area contributed by atoms with E-state index in [1.807, 2.05) is 12.1 Å². The van der Waals surface area contributed by atoms with E-state index in [1.54, 1.807) is 11.1 Å². The zero-order chi connectivity index (χ0) is 29.2. The van der Waals surface area contributed by atoms with Crippen molar-refractivity contribution in [3.63, 3.8) is 0 Å². The molecule has 0 amide bonds. The lowest BCUT2D eigenvalue weighted by Crippen LogP contribution is -2.37. The molecule has 0 fully saturated rings. The predicted molar refractivity (Wildman–Crippen MR) is 178 cm³/mol. The first-order valence-electron chi connectivity index (χ1n) is 17.0. The molecule has 0 radical (unpaired) electrons. The molecule has 5 aliphatic carbocycles. The molecule has 1 aliphatic heterocycles. The summed E-state index contributed by atoms with van der Waals surface area (Å²) >= 11 is 0. The van der Waals surface area contributed by atoms with E-state index in [0.29, 0.717) is 29.6 Å². The maximum atomic E-state index is 9.38. The van der Waals surface area contributed by atoms with Gasteiger partial charge in [0.15, 0.2) is 5.84 Å². The lowest BCUT2D eigenvalue weighted by atomic mass is 9.63. The van der Waals surface area contributed by atoms with Crippen LogP contribution in [0, 0.1) is 35.0 Å². The van der Waals surface area contributed by atoms with Crippen LogP contribution in [-0.4, -0.2) is 17.6 Å². The number of amidine groups is 1. The number of hydrogen-bond acceptors (Lipinski definition) is 3. The van der Waals surface area contributed by atoms with Gasteiger partial charge in [0, 0.05) is 5.92 Å². The Labute approximate surface area is 258 Å². The van der Waals surface area contributed by atoms with Crippen LogP contribution >= 0.6 is 0 Å². The first-order valence-corrected chi connectivity index (χ1v) is 17.0. The third-order valence-electron chi connectivity index (χ3n) is 11.0. The van der Waals surface area contributed by atoms with Crippen LogP contribution in [0.5, 0.6) is 0 Å². The smallest absolute Gasteiger partial charge is 0.150 e. The Morgan fingerprint density at radius 2 is 1.74 bits per heavy atom. The molecule has 7 rings (SSSR count). The first-order chi connectivity index (χ1) is 21.2. The number of benzene rings is 1. The van der Waals surface area contributed by atoms with Gasteiger partial charge in [0.2, 0.25) is 0 Å². The van der Waals surface area contributed by atoms with Gasteiger partial charge in [0.1, 0.15) is 0 Å². The van der Waals surface area contributed by atoms with Gasteiger partial charge in [-0.05, 0) is 135 Å². The highest BCUT2D eigenvalue weighted by Gasteiger charge is 2.38. The fourth-order valence-electron chi connectivity index (χ4n) is 8.65. The summed E-state index contributed by atoms with van der Waals surface area (Å²) in [4.78, 5) is 10.7. The molecule has 1 aromatic rings. The van der Waals surface area contributed by atoms with Crippen LogP contribution in [0.3, 0.4) is 0 Å². The van der Waals surface area contributed by atoms with Gasteiger partial charge in [0.05, 0.1) is 23.4 Å². The topological polar surface area (TPSA) is 48.5 Å². The summed E-state index contributed by atoms with van der Waals surface area (Å²) in [5, 5.41) is 9.38. The number of hydrogen-bond donors (Lipinski definition) is 0. The average molecular weight is 568 g/mol. The Morgan fingerprint density at radius 1 is 0.837 bits per heavy atom. The normalized spacial score (nSPS) is 32.3. The summed E-state index contributed by atoms with van der Waals surface area (Å²) in [6.07, 6.45) is 33.8. The van der Waals surface area contributed by atoms with Crippen molar-refractivity contribution in [3.8, 4) is 6.07 Å². The van der Waals surface area contributed by atoms with E-state index in [9.17, 15) is 5.26 Å². The summed E-state index contributed by atoms with van der Waals surface area (Å²) in [5.74, 6) is 3.24. The monoisotopic (exact) mass is 567 g/mol. The third-order valence-corrected chi connectivity index (χ3v) is 11.0. The van der Waals surface area contributed by atoms with Crippen LogP contribution in [0.2, 0.25) is 0 Å². The van der Waals surface area contributed by atoms with Gasteiger partial charge in [-0.1, -0.05) is 73.2 Å². The van der Waals surface area contributed by atoms with Crippen molar-refractivity contribution in [1.29, 1.82) is 5.26 Å². The molecule has 0 N–H and O–H groups in total. The first kappa shape index (κ1) is 28.3. The molecule has 43 heavy (non-hydrogen) atoms. The van der Waals surface area contributed by atoms with Crippen molar-refractivity contribution in [2.24, 2.45) is 33.7 Å². The van der Waals surface area contributed by atoms with Crippen LogP contribution in [0.4, 0.5) is 0 Å². The Morgan fingerprint density at radius 3 is 2.49 bits per heavy atom. The highest BCUT2D eigenvalue weighted by Crippen LogP contribution is 2.50. The Balaban J connectivity index is 1.19. The fourth-order valence-corrected chi connectivity index (χ4v) is 8.65. The minimum absolute atomic E-state index is 0.271. The molecule has 1 aromatic carbocycles. The van der Waals surface area contributed by atoms with Crippen LogP contribution in [-0.2, 0) is 0 Å². The van der Waals surface area contributed by atoms with Crippen LogP contribution < -0.4 is 0 Å². The molecule has 6 atom stereocenters. The highest BCUT2D eigenvalue weighted by atomic mass is 15.0. The van der Waals surface area contributed by atoms with E-state index in [4.69, 9.17) is 9.98 Å². The Kier molecular flexibility index (Phi) is 8.29. The maximum Gasteiger partial charge on any atom is 0.150 e. The lowest BCUT2D eigenvalue weighted by Gasteiger charge is -2.41. The van der Waals surface area contributed by atoms with E-state index >= 15 is 0 Å². The standard InChI is InChI=1S/C40H45N3/c1-27-38(32-11-4-2-5-12-32)42-40(34-13-6-3-7-14-34)43-39(27)33-22-20-31(21-23-33)37-35-15-9-8-10-29(35)24-25-36(37)30-18-16-28(26-41)17-19-30/h4,9,11,13,15-20,22-23,27,31-32,36-38H,2-3,5-8,10,12,14,21,24-25H2,1H3. The number of allylic oxidation sites excluding steroid dienone is 10. The van der Waals surface area contributed by atoms with Gasteiger partial charge in [-0.3, -0.25) is 4.99 Å². The second kappa shape index (κ2) is 12.6. The number of rotatable bonds is 5. The van der Waals surface area contributed by atoms with Crippen molar-refractivity contribution in [2.75, 3.05) is 0 Å². The quantitative estimate of drug-likeness (QED) is 0.327. The molecule has 1 heterocycles. The zero-order valence-electron chi connectivity index (χ0n) is 25.7. The Bertz CT molecular complexity index is 1520. The van der Waals surface area contributed by atoms with E-state index in [2.05, 4.69) is 73.7 Å². The molecule has 6 unspecified atom stereocenters. The molecular weight excluding hydrogens is 522 g/mol. The van der Waals surface area contributed by atoms with Crippen molar-refractivity contribution < 1.29 is 0 Å². The van der Waals surface area contributed by atoms with E-state index in [0.717, 1.165) is 30.7 Å². The van der Waals surface area contributed by atoms with Crippen LogP contribution in [0.15, 0.2) is 105 Å². The average Bonchev–Trinajstić information content (AvgIpc) is 3.09. The number of nitrogens with zero attached hydrogens (tertiary/aromatic N) is 3. The number of nitriles is 1. The molecular formula is C40H45N3. The van der Waals surface area contributed by atoms with Crippen LogP contribution in [0.1, 0.15) is 101 Å². The largest absolute Gasteiger partial charge is 0.262 e. The van der Waals surface area contributed by atoms with E-state index in [-0.39, 0.29) is 6.04 Å². The molecule has 0 saturated carbocycles. The third kappa shape index (κ3) is 5.74. The molecule has 0 bridgehead atoms. The summed E-state index contributed by atoms with van der Waals surface area (Å²) in [6.45, 7) is 2.37. The predicted octanol–water partition coefficient (Wildman–Crippen LogP) is 9.92. The van der Waals surface area contributed by atoms with Crippen LogP contribution in [0.25, 0.3) is 0 Å². The van der Waals surface area contributed by atoms with Gasteiger partial charge in [-0.2, -0.15) is 5.26 Å². The van der Waals surface area contributed by atoms with E-state index in [1.165, 1.54) is 80.2 Å². The van der Waals surface area contributed by atoms with Crippen molar-refractivity contribution >= 4 is 11.5 Å². The van der Waals surface area contributed by atoms with Crippen molar-refractivity contribution in [1.82, 2.24) is 0 Å². The second-order valence-electron chi connectivity index (χ2n) is 13.5. The molecule has 3 nitrogen and oxygen atoms in total. The van der Waals surface area contributed by atoms with Gasteiger partial charge in [-0.15, -0.1) is 0 Å². The lowest BCUT2D eigenvalue weighted by molar-refractivity contribution is 0.342. The zero-order valence-corrected chi connectivity index (χ0v) is 25.7. The second-order valence-corrected chi connectivity index (χ2v) is 13.5. The maximum absolute atomic E-state index is 9.38. The Hall–Kier alpha value is -3.51. The minimum atomic E-state index is 0.271. The molecule has 6 aliphatic rings. The van der Waals surface area contributed by atoms with E-state index < -0.39 is 0 Å².